The first-order valence-corrected chi connectivity index (χ1v) is 10.1. The van der Waals surface area contributed by atoms with E-state index in [1.165, 1.54) is 12.1 Å². The van der Waals surface area contributed by atoms with E-state index in [0.29, 0.717) is 22.3 Å². The molecule has 2 rings (SSSR count). The summed E-state index contributed by atoms with van der Waals surface area (Å²) in [5.74, 6) is -2.91. The second kappa shape index (κ2) is 10.4. The molecule has 0 saturated heterocycles. The molecule has 0 fully saturated rings. The summed E-state index contributed by atoms with van der Waals surface area (Å²) in [6, 6.07) is 10.2. The number of nitrogens with one attached hydrogen (secondary N) is 3. The van der Waals surface area contributed by atoms with Crippen LogP contribution in [0.2, 0.25) is 0 Å². The minimum Gasteiger partial charge on any atom is -0.322 e. The molecule has 2 aromatic rings. The maximum absolute atomic E-state index is 12.4. The van der Waals surface area contributed by atoms with E-state index < -0.39 is 5.76 Å². The van der Waals surface area contributed by atoms with Crippen molar-refractivity contribution in [3.63, 3.8) is 0 Å². The molecule has 2 amide bonds. The molecule has 29 heavy (non-hydrogen) atoms. The van der Waals surface area contributed by atoms with Crippen LogP contribution in [0.25, 0.3) is 0 Å². The lowest BCUT2D eigenvalue weighted by Crippen LogP contribution is -3.11. The summed E-state index contributed by atoms with van der Waals surface area (Å²) in [5, 5.41) is 5.64. The zero-order valence-electron chi connectivity index (χ0n) is 16.9. The van der Waals surface area contributed by atoms with Gasteiger partial charge in [-0.1, -0.05) is 29.5 Å². The van der Waals surface area contributed by atoms with Gasteiger partial charge in [-0.15, -0.1) is 0 Å². The van der Waals surface area contributed by atoms with Crippen molar-refractivity contribution in [2.45, 2.75) is 31.4 Å². The van der Waals surface area contributed by atoms with E-state index in [1.807, 2.05) is 32.9 Å². The van der Waals surface area contributed by atoms with Crippen molar-refractivity contribution >= 4 is 35.0 Å². The Morgan fingerprint density at radius 1 is 0.966 bits per heavy atom. The maximum Gasteiger partial charge on any atom is 0.288 e. The SMILES string of the molecule is Cc1cc(C)c(NC(=O)C[NH+](C)CC(=O)Nc2ccc(SC(F)F)cc2)c(C)c1. The average Bonchev–Trinajstić information content (AvgIpc) is 2.59. The summed E-state index contributed by atoms with van der Waals surface area (Å²) >= 11 is 0.452. The Morgan fingerprint density at radius 3 is 2.00 bits per heavy atom. The number of rotatable bonds is 8. The number of hydrogen-bond acceptors (Lipinski definition) is 3. The number of amides is 2. The molecule has 0 aliphatic rings. The number of benzene rings is 2. The molecule has 0 radical (unpaired) electrons. The van der Waals surface area contributed by atoms with Gasteiger partial charge in [-0.3, -0.25) is 9.59 Å². The summed E-state index contributed by atoms with van der Waals surface area (Å²) in [6.07, 6.45) is 0. The molecular weight excluding hydrogens is 396 g/mol. The molecule has 5 nitrogen and oxygen atoms in total. The zero-order chi connectivity index (χ0) is 21.6. The molecule has 0 heterocycles. The Labute approximate surface area is 173 Å². The number of carbonyl (C=O) groups is 2. The van der Waals surface area contributed by atoms with E-state index in [1.54, 1.807) is 19.2 Å². The van der Waals surface area contributed by atoms with E-state index in [0.717, 1.165) is 27.3 Å². The van der Waals surface area contributed by atoms with Crippen LogP contribution in [0.1, 0.15) is 16.7 Å². The van der Waals surface area contributed by atoms with Crippen LogP contribution in [0.4, 0.5) is 20.2 Å². The Kier molecular flexibility index (Phi) is 8.16. The fraction of sp³-hybridized carbons (Fsp3) is 0.333. The molecule has 0 aromatic heterocycles. The normalized spacial score (nSPS) is 12.0. The molecule has 1 atom stereocenters. The molecule has 0 saturated carbocycles. The van der Waals surface area contributed by atoms with Crippen molar-refractivity contribution in [3.05, 3.63) is 53.1 Å². The summed E-state index contributed by atoms with van der Waals surface area (Å²) < 4.78 is 24.7. The molecule has 0 aliphatic carbocycles. The van der Waals surface area contributed by atoms with Gasteiger partial charge in [-0.05, 0) is 56.2 Å². The van der Waals surface area contributed by atoms with Gasteiger partial charge in [0.05, 0.1) is 7.05 Å². The fourth-order valence-electron chi connectivity index (χ4n) is 3.10. The van der Waals surface area contributed by atoms with Crippen molar-refractivity contribution in [1.29, 1.82) is 0 Å². The zero-order valence-corrected chi connectivity index (χ0v) is 17.8. The number of quaternary nitrogens is 1. The Morgan fingerprint density at radius 2 is 1.48 bits per heavy atom. The maximum atomic E-state index is 12.4. The standard InChI is InChI=1S/C21H25F2N3O2S/c1-13-9-14(2)20(15(3)10-13)25-19(28)12-26(4)11-18(27)24-16-5-7-17(8-6-16)29-21(22)23/h5-10,21H,11-12H2,1-4H3,(H,24,27)(H,25,28)/p+1. The topological polar surface area (TPSA) is 62.6 Å². The van der Waals surface area contributed by atoms with Gasteiger partial charge in [-0.25, -0.2) is 0 Å². The monoisotopic (exact) mass is 422 g/mol. The van der Waals surface area contributed by atoms with Gasteiger partial charge in [0, 0.05) is 16.3 Å². The first-order valence-electron chi connectivity index (χ1n) is 9.17. The Balaban J connectivity index is 1.84. The number of likely N-dealkylation sites (N-methyl/N-ethyl adjacent to an activating group) is 1. The van der Waals surface area contributed by atoms with Crippen LogP contribution in [0.3, 0.4) is 0 Å². The van der Waals surface area contributed by atoms with E-state index in [9.17, 15) is 18.4 Å². The lowest BCUT2D eigenvalue weighted by molar-refractivity contribution is -0.862. The third-order valence-corrected chi connectivity index (χ3v) is 4.95. The van der Waals surface area contributed by atoms with Crippen LogP contribution >= 0.6 is 11.8 Å². The van der Waals surface area contributed by atoms with Gasteiger partial charge in [-0.2, -0.15) is 8.78 Å². The van der Waals surface area contributed by atoms with Gasteiger partial charge >= 0.3 is 0 Å². The predicted molar refractivity (Wildman–Crippen MR) is 113 cm³/mol. The van der Waals surface area contributed by atoms with E-state index >= 15 is 0 Å². The van der Waals surface area contributed by atoms with E-state index in [2.05, 4.69) is 10.6 Å². The number of hydrogen-bond donors (Lipinski definition) is 3. The number of alkyl halides is 2. The smallest absolute Gasteiger partial charge is 0.288 e. The number of anilines is 2. The fourth-order valence-corrected chi connectivity index (χ4v) is 3.60. The van der Waals surface area contributed by atoms with Crippen LogP contribution in [-0.2, 0) is 9.59 Å². The molecule has 2 aromatic carbocycles. The summed E-state index contributed by atoms with van der Waals surface area (Å²) in [4.78, 5) is 25.7. The number of carbonyl (C=O) groups excluding carboxylic acids is 2. The van der Waals surface area contributed by atoms with Crippen LogP contribution in [-0.4, -0.2) is 37.7 Å². The molecule has 3 N–H and O–H groups in total. The lowest BCUT2D eigenvalue weighted by atomic mass is 10.1. The molecule has 1 unspecified atom stereocenters. The second-order valence-corrected chi connectivity index (χ2v) is 8.15. The second-order valence-electron chi connectivity index (χ2n) is 7.08. The molecule has 0 aliphatic heterocycles. The van der Waals surface area contributed by atoms with Crippen LogP contribution in [0.15, 0.2) is 41.3 Å². The highest BCUT2D eigenvalue weighted by molar-refractivity contribution is 7.99. The van der Waals surface area contributed by atoms with Gasteiger partial charge < -0.3 is 15.5 Å². The van der Waals surface area contributed by atoms with Gasteiger partial charge in [0.15, 0.2) is 13.1 Å². The quantitative estimate of drug-likeness (QED) is 0.573. The van der Waals surface area contributed by atoms with E-state index in [4.69, 9.17) is 0 Å². The number of halogens is 2. The highest BCUT2D eigenvalue weighted by Crippen LogP contribution is 2.26. The summed E-state index contributed by atoms with van der Waals surface area (Å²) in [7, 11) is 1.76. The van der Waals surface area contributed by atoms with Crippen LogP contribution in [0, 0.1) is 20.8 Å². The minimum atomic E-state index is -2.48. The van der Waals surface area contributed by atoms with E-state index in [-0.39, 0.29) is 24.9 Å². The average molecular weight is 423 g/mol. The van der Waals surface area contributed by atoms with Crippen molar-refractivity contribution < 1.29 is 23.3 Å². The summed E-state index contributed by atoms with van der Waals surface area (Å²) in [5.41, 5.74) is 4.47. The van der Waals surface area contributed by atoms with Crippen molar-refractivity contribution in [2.24, 2.45) is 0 Å². The van der Waals surface area contributed by atoms with Gasteiger partial charge in [0.25, 0.3) is 17.6 Å². The molecular formula is C21H26F2N3O2S+. The van der Waals surface area contributed by atoms with Gasteiger partial charge in [0.2, 0.25) is 0 Å². The largest absolute Gasteiger partial charge is 0.322 e. The third kappa shape index (κ3) is 7.47. The Hall–Kier alpha value is -2.45. The predicted octanol–water partition coefficient (Wildman–Crippen LogP) is 3.02. The van der Waals surface area contributed by atoms with Crippen molar-refractivity contribution in [1.82, 2.24) is 0 Å². The molecule has 156 valence electrons. The summed E-state index contributed by atoms with van der Waals surface area (Å²) in [6.45, 7) is 6.15. The lowest BCUT2D eigenvalue weighted by Gasteiger charge is -2.16. The van der Waals surface area contributed by atoms with Crippen molar-refractivity contribution in [3.8, 4) is 0 Å². The molecule has 0 bridgehead atoms. The Bertz CT molecular complexity index is 850. The molecule has 8 heteroatoms. The molecule has 0 spiro atoms. The minimum absolute atomic E-state index is 0.104. The highest BCUT2D eigenvalue weighted by Gasteiger charge is 2.16. The van der Waals surface area contributed by atoms with Crippen LogP contribution < -0.4 is 15.5 Å². The van der Waals surface area contributed by atoms with Crippen LogP contribution in [0.5, 0.6) is 0 Å². The number of aryl methyl sites for hydroxylation is 3. The number of thioether (sulfide) groups is 1. The first-order chi connectivity index (χ1) is 13.6. The van der Waals surface area contributed by atoms with Gasteiger partial charge in [0.1, 0.15) is 0 Å². The first kappa shape index (κ1) is 22.8. The van der Waals surface area contributed by atoms with Crippen molar-refractivity contribution in [2.75, 3.05) is 30.8 Å². The third-order valence-electron chi connectivity index (χ3n) is 4.23. The highest BCUT2D eigenvalue weighted by atomic mass is 32.2.